The Hall–Kier alpha value is -1.63. The lowest BCUT2D eigenvalue weighted by molar-refractivity contribution is -0.138. The van der Waals surface area contributed by atoms with Crippen molar-refractivity contribution in [2.75, 3.05) is 46.8 Å². The predicted molar refractivity (Wildman–Crippen MR) is 107 cm³/mol. The third-order valence-corrected chi connectivity index (χ3v) is 4.39. The van der Waals surface area contributed by atoms with Gasteiger partial charge in [-0.1, -0.05) is 30.3 Å². The number of carbonyl (C=O) groups is 2. The molecule has 1 aromatic rings. The molecule has 1 aromatic carbocycles. The third-order valence-electron chi connectivity index (χ3n) is 4.39. The summed E-state index contributed by atoms with van der Waals surface area (Å²) >= 11 is 0. The second-order valence-corrected chi connectivity index (χ2v) is 6.78. The van der Waals surface area contributed by atoms with Crippen LogP contribution >= 0.6 is 12.4 Å². The first-order valence-electron chi connectivity index (χ1n) is 9.04. The van der Waals surface area contributed by atoms with Crippen molar-refractivity contribution in [3.63, 3.8) is 0 Å². The molecule has 2 amide bonds. The fourth-order valence-corrected chi connectivity index (χ4v) is 2.97. The van der Waals surface area contributed by atoms with E-state index >= 15 is 0 Å². The Kier molecular flexibility index (Phi) is 10.2. The second-order valence-electron chi connectivity index (χ2n) is 6.78. The largest absolute Gasteiger partial charge is 0.355 e. The molecule has 2 rings (SSSR count). The number of nitrogens with one attached hydrogen (secondary N) is 2. The number of hydrogen-bond donors (Lipinski definition) is 2. The molecule has 0 aromatic heterocycles. The summed E-state index contributed by atoms with van der Waals surface area (Å²) in [5.41, 5.74) is 1.29. The molecule has 1 unspecified atom stereocenters. The molecule has 1 atom stereocenters. The van der Waals surface area contributed by atoms with E-state index in [4.69, 9.17) is 0 Å². The van der Waals surface area contributed by atoms with Crippen LogP contribution in [0.4, 0.5) is 0 Å². The van der Waals surface area contributed by atoms with Crippen molar-refractivity contribution in [1.29, 1.82) is 0 Å². The van der Waals surface area contributed by atoms with Crippen LogP contribution in [0.1, 0.15) is 18.4 Å². The normalized spacial score (nSPS) is 17.1. The first-order valence-corrected chi connectivity index (χ1v) is 9.04. The smallest absolute Gasteiger partial charge is 0.240 e. The number of amides is 2. The molecule has 0 aliphatic carbocycles. The molecule has 1 aliphatic rings. The number of nitrogens with zero attached hydrogens (tertiary/aromatic N) is 2. The van der Waals surface area contributed by atoms with Crippen LogP contribution in [0.25, 0.3) is 0 Å². The van der Waals surface area contributed by atoms with Gasteiger partial charge >= 0.3 is 0 Å². The van der Waals surface area contributed by atoms with Gasteiger partial charge in [0.05, 0.1) is 12.5 Å². The van der Waals surface area contributed by atoms with Crippen LogP contribution in [0.5, 0.6) is 0 Å². The first-order chi connectivity index (χ1) is 12.1. The fourth-order valence-electron chi connectivity index (χ4n) is 2.97. The molecule has 146 valence electrons. The average molecular weight is 383 g/mol. The number of benzene rings is 1. The van der Waals surface area contributed by atoms with E-state index in [0.717, 1.165) is 32.5 Å². The molecule has 0 spiro atoms. The van der Waals surface area contributed by atoms with Crippen LogP contribution < -0.4 is 10.6 Å². The Bertz CT molecular complexity index is 554. The number of likely N-dealkylation sites (N-methyl/N-ethyl adjacent to an activating group) is 1. The van der Waals surface area contributed by atoms with Gasteiger partial charge in [0.15, 0.2) is 0 Å². The van der Waals surface area contributed by atoms with Crippen molar-refractivity contribution in [2.24, 2.45) is 0 Å². The van der Waals surface area contributed by atoms with Gasteiger partial charge in [-0.05, 0) is 32.5 Å². The number of rotatable bonds is 9. The third kappa shape index (κ3) is 7.72. The summed E-state index contributed by atoms with van der Waals surface area (Å²) in [4.78, 5) is 28.5. The highest BCUT2D eigenvalue weighted by atomic mass is 35.5. The van der Waals surface area contributed by atoms with Crippen LogP contribution in [0.2, 0.25) is 0 Å². The van der Waals surface area contributed by atoms with Crippen molar-refractivity contribution in [3.05, 3.63) is 35.9 Å². The van der Waals surface area contributed by atoms with E-state index in [1.165, 1.54) is 5.56 Å². The zero-order chi connectivity index (χ0) is 18.1. The van der Waals surface area contributed by atoms with Gasteiger partial charge in [-0.2, -0.15) is 0 Å². The van der Waals surface area contributed by atoms with Crippen LogP contribution in [0.15, 0.2) is 30.3 Å². The van der Waals surface area contributed by atoms with Crippen molar-refractivity contribution < 1.29 is 9.59 Å². The van der Waals surface area contributed by atoms with E-state index in [2.05, 4.69) is 22.8 Å². The van der Waals surface area contributed by atoms with Crippen LogP contribution in [0, 0.1) is 0 Å². The molecule has 1 saturated heterocycles. The summed E-state index contributed by atoms with van der Waals surface area (Å²) in [6.07, 6.45) is 2.12. The lowest BCUT2D eigenvalue weighted by Crippen LogP contribution is -2.56. The van der Waals surface area contributed by atoms with Crippen molar-refractivity contribution >= 4 is 24.2 Å². The molecule has 0 radical (unpaired) electrons. The average Bonchev–Trinajstić information content (AvgIpc) is 2.59. The van der Waals surface area contributed by atoms with Crippen molar-refractivity contribution in [1.82, 2.24) is 20.4 Å². The molecular formula is C19H31ClN4O2. The van der Waals surface area contributed by atoms with Gasteiger partial charge in [0.1, 0.15) is 0 Å². The summed E-state index contributed by atoms with van der Waals surface area (Å²) in [6, 6.07) is 9.91. The number of halogens is 1. The van der Waals surface area contributed by atoms with Gasteiger partial charge in [0.2, 0.25) is 11.8 Å². The summed E-state index contributed by atoms with van der Waals surface area (Å²) in [7, 11) is 3.93. The predicted octanol–water partition coefficient (Wildman–Crippen LogP) is 0.909. The van der Waals surface area contributed by atoms with E-state index in [9.17, 15) is 9.59 Å². The molecule has 0 saturated carbocycles. The van der Waals surface area contributed by atoms with Crippen LogP contribution in [-0.4, -0.2) is 74.5 Å². The van der Waals surface area contributed by atoms with Gasteiger partial charge in [-0.15, -0.1) is 12.4 Å². The van der Waals surface area contributed by atoms with E-state index in [1.807, 2.05) is 42.1 Å². The molecule has 0 bridgehead atoms. The van der Waals surface area contributed by atoms with Crippen LogP contribution in [-0.2, 0) is 16.0 Å². The van der Waals surface area contributed by atoms with Gasteiger partial charge in [-0.25, -0.2) is 0 Å². The molecule has 26 heavy (non-hydrogen) atoms. The molecule has 1 fully saturated rings. The molecule has 1 heterocycles. The molecule has 2 N–H and O–H groups in total. The number of piperazine rings is 1. The maximum absolute atomic E-state index is 12.6. The van der Waals surface area contributed by atoms with Crippen molar-refractivity contribution in [2.45, 2.75) is 25.3 Å². The topological polar surface area (TPSA) is 64.7 Å². The highest BCUT2D eigenvalue weighted by molar-refractivity contribution is 5.88. The van der Waals surface area contributed by atoms with E-state index in [-0.39, 0.29) is 30.6 Å². The molecule has 6 nitrogen and oxygen atoms in total. The quantitative estimate of drug-likeness (QED) is 0.666. The summed E-state index contributed by atoms with van der Waals surface area (Å²) in [5.74, 6) is -0.0269. The maximum Gasteiger partial charge on any atom is 0.240 e. The lowest BCUT2D eigenvalue weighted by Gasteiger charge is -2.33. The molecule has 7 heteroatoms. The van der Waals surface area contributed by atoms with Gasteiger partial charge in [0, 0.05) is 32.7 Å². The van der Waals surface area contributed by atoms with Crippen molar-refractivity contribution in [3.8, 4) is 0 Å². The first kappa shape index (κ1) is 22.4. The highest BCUT2D eigenvalue weighted by Gasteiger charge is 2.29. The number of carbonyl (C=O) groups excluding carboxylic acids is 2. The Morgan fingerprint density at radius 1 is 1.31 bits per heavy atom. The second kappa shape index (κ2) is 11.9. The monoisotopic (exact) mass is 382 g/mol. The minimum atomic E-state index is -0.398. The number of aryl methyl sites for hydroxylation is 1. The minimum absolute atomic E-state index is 0. The van der Waals surface area contributed by atoms with E-state index in [0.29, 0.717) is 13.1 Å². The van der Waals surface area contributed by atoms with Gasteiger partial charge in [-0.3, -0.25) is 9.59 Å². The standard InChI is InChI=1S/C19H30N4O2.ClH/c1-22(2)13-10-21-18(24)15-17-19(25)23(14-11-20-17)12-6-9-16-7-4-3-5-8-16;/h3-5,7-8,17,20H,6,9-15H2,1-2H3,(H,21,24);1H. The van der Waals surface area contributed by atoms with Gasteiger partial charge in [0.25, 0.3) is 0 Å². The summed E-state index contributed by atoms with van der Waals surface area (Å²) < 4.78 is 0. The van der Waals surface area contributed by atoms with Gasteiger partial charge < -0.3 is 20.4 Å². The minimum Gasteiger partial charge on any atom is -0.355 e. The van der Waals surface area contributed by atoms with E-state index in [1.54, 1.807) is 0 Å². The number of hydrogen-bond acceptors (Lipinski definition) is 4. The maximum atomic E-state index is 12.6. The summed E-state index contributed by atoms with van der Waals surface area (Å²) in [6.45, 7) is 3.60. The SMILES string of the molecule is CN(C)CCNC(=O)CC1NCCN(CCCc2ccccc2)C1=O.Cl. The highest BCUT2D eigenvalue weighted by Crippen LogP contribution is 2.08. The zero-order valence-electron chi connectivity index (χ0n) is 15.7. The Morgan fingerprint density at radius 3 is 2.73 bits per heavy atom. The molecular weight excluding hydrogens is 352 g/mol. The Labute approximate surface area is 162 Å². The van der Waals surface area contributed by atoms with E-state index < -0.39 is 6.04 Å². The lowest BCUT2D eigenvalue weighted by atomic mass is 10.1. The Morgan fingerprint density at radius 2 is 2.04 bits per heavy atom. The zero-order valence-corrected chi connectivity index (χ0v) is 16.6. The summed E-state index contributed by atoms with van der Waals surface area (Å²) in [5, 5.41) is 6.04. The Balaban J connectivity index is 0.00000338. The fraction of sp³-hybridized carbons (Fsp3) is 0.579. The molecule has 1 aliphatic heterocycles. The van der Waals surface area contributed by atoms with Crippen LogP contribution in [0.3, 0.4) is 0 Å².